The Morgan fingerprint density at radius 2 is 1.30 bits per heavy atom. The highest BCUT2D eigenvalue weighted by Gasteiger charge is 2.13. The molecule has 3 heteroatoms. The second kappa shape index (κ2) is 11.6. The van der Waals surface area contributed by atoms with Gasteiger partial charge in [0.15, 0.2) is 0 Å². The van der Waals surface area contributed by atoms with Gasteiger partial charge in [-0.1, -0.05) is 109 Å². The van der Waals surface area contributed by atoms with Gasteiger partial charge >= 0.3 is 0 Å². The molecular formula is C43H34N2O. The second-order valence-electron chi connectivity index (χ2n) is 12.0. The summed E-state index contributed by atoms with van der Waals surface area (Å²) >= 11 is 0. The van der Waals surface area contributed by atoms with E-state index in [2.05, 4.69) is 163 Å². The van der Waals surface area contributed by atoms with Crippen molar-refractivity contribution in [1.29, 1.82) is 0 Å². The first kappa shape index (κ1) is 27.7. The summed E-state index contributed by atoms with van der Waals surface area (Å²) in [5.41, 5.74) is 11.3. The number of benzene rings is 6. The number of nitrogens with zero attached hydrogens (tertiary/aromatic N) is 1. The average molecular weight is 595 g/mol. The third kappa shape index (κ3) is 5.06. The summed E-state index contributed by atoms with van der Waals surface area (Å²) in [4.78, 5) is 0. The molecule has 0 unspecified atom stereocenters. The molecule has 0 saturated carbocycles. The number of fused-ring (bicyclic) bond motifs is 6. The summed E-state index contributed by atoms with van der Waals surface area (Å²) in [5, 5.41) is 8.41. The topological polar surface area (TPSA) is 30.1 Å². The van der Waals surface area contributed by atoms with Gasteiger partial charge < -0.3 is 14.3 Å². The summed E-state index contributed by atoms with van der Waals surface area (Å²) in [6.07, 6.45) is 6.50. The Morgan fingerprint density at radius 1 is 0.630 bits per heavy atom. The van der Waals surface area contributed by atoms with Gasteiger partial charge in [-0.05, 0) is 78.6 Å². The van der Waals surface area contributed by atoms with Crippen molar-refractivity contribution < 1.29 is 4.42 Å². The van der Waals surface area contributed by atoms with Crippen LogP contribution in [0.4, 0.5) is 5.69 Å². The van der Waals surface area contributed by atoms with Crippen LogP contribution in [-0.2, 0) is 0 Å². The molecule has 6 aromatic carbocycles. The zero-order valence-electron chi connectivity index (χ0n) is 25.9. The van der Waals surface area contributed by atoms with Crippen molar-refractivity contribution in [3.63, 3.8) is 0 Å². The molecule has 8 rings (SSSR count). The zero-order chi connectivity index (χ0) is 31.0. The maximum atomic E-state index is 6.06. The maximum Gasteiger partial charge on any atom is 0.137 e. The number of hydrogen-bond acceptors (Lipinski definition) is 2. The SMILES string of the molecule is C/C(=C\C=C/[C@H](C)Nc1ccc2c(c1)oc1ccccc12)c1ccc(-c2ccc3c4ccccc4n(-c4ccccc4)c3c2)cc1. The van der Waals surface area contributed by atoms with E-state index in [1.54, 1.807) is 0 Å². The lowest BCUT2D eigenvalue weighted by Crippen LogP contribution is -2.11. The lowest BCUT2D eigenvalue weighted by atomic mass is 9.99. The molecule has 0 aliphatic heterocycles. The molecule has 8 aromatic rings. The van der Waals surface area contributed by atoms with Crippen LogP contribution >= 0.6 is 0 Å². The van der Waals surface area contributed by atoms with Crippen molar-refractivity contribution in [3.8, 4) is 16.8 Å². The van der Waals surface area contributed by atoms with E-state index in [9.17, 15) is 0 Å². The predicted molar refractivity (Wildman–Crippen MR) is 196 cm³/mol. The molecule has 222 valence electrons. The van der Waals surface area contributed by atoms with Gasteiger partial charge in [-0.2, -0.15) is 0 Å². The van der Waals surface area contributed by atoms with E-state index in [1.807, 2.05) is 18.2 Å². The molecule has 0 saturated heterocycles. The Bertz CT molecular complexity index is 2410. The van der Waals surface area contributed by atoms with Crippen LogP contribution in [0.15, 0.2) is 162 Å². The molecule has 0 aliphatic rings. The van der Waals surface area contributed by atoms with Crippen LogP contribution in [0.3, 0.4) is 0 Å². The van der Waals surface area contributed by atoms with E-state index in [0.717, 1.165) is 27.6 Å². The fourth-order valence-electron chi connectivity index (χ4n) is 6.52. The first-order valence-electron chi connectivity index (χ1n) is 15.8. The molecule has 2 aromatic heterocycles. The number of hydrogen-bond donors (Lipinski definition) is 1. The first-order valence-corrected chi connectivity index (χ1v) is 15.8. The molecule has 0 aliphatic carbocycles. The lowest BCUT2D eigenvalue weighted by molar-refractivity contribution is 0.669. The van der Waals surface area contributed by atoms with Crippen molar-refractivity contribution in [3.05, 3.63) is 163 Å². The molecule has 0 amide bonds. The number of para-hydroxylation sites is 3. The average Bonchev–Trinajstić information content (AvgIpc) is 3.63. The van der Waals surface area contributed by atoms with Gasteiger partial charge in [-0.3, -0.25) is 0 Å². The number of anilines is 1. The van der Waals surface area contributed by atoms with Gasteiger partial charge in [0.05, 0.1) is 11.0 Å². The van der Waals surface area contributed by atoms with E-state index in [4.69, 9.17) is 4.42 Å². The van der Waals surface area contributed by atoms with Gasteiger partial charge in [0.25, 0.3) is 0 Å². The first-order chi connectivity index (χ1) is 22.6. The Kier molecular flexibility index (Phi) is 7.00. The molecule has 0 radical (unpaired) electrons. The second-order valence-corrected chi connectivity index (χ2v) is 12.0. The predicted octanol–water partition coefficient (Wildman–Crippen LogP) is 11.8. The number of rotatable bonds is 7. The van der Waals surface area contributed by atoms with Crippen LogP contribution in [0.2, 0.25) is 0 Å². The van der Waals surface area contributed by atoms with Crippen LogP contribution in [0.5, 0.6) is 0 Å². The molecule has 3 nitrogen and oxygen atoms in total. The fourth-order valence-corrected chi connectivity index (χ4v) is 6.52. The summed E-state index contributed by atoms with van der Waals surface area (Å²) < 4.78 is 8.43. The zero-order valence-corrected chi connectivity index (χ0v) is 25.9. The Hall–Kier alpha value is -5.80. The lowest BCUT2D eigenvalue weighted by Gasteiger charge is -2.11. The largest absolute Gasteiger partial charge is 0.456 e. The van der Waals surface area contributed by atoms with Crippen molar-refractivity contribution >= 4 is 55.0 Å². The maximum absolute atomic E-state index is 6.06. The molecule has 0 bridgehead atoms. The van der Waals surface area contributed by atoms with E-state index in [0.29, 0.717) is 0 Å². The smallest absolute Gasteiger partial charge is 0.137 e. The Morgan fingerprint density at radius 3 is 2.15 bits per heavy atom. The monoisotopic (exact) mass is 594 g/mol. The van der Waals surface area contributed by atoms with Gasteiger partial charge in [0, 0.05) is 45.0 Å². The summed E-state index contributed by atoms with van der Waals surface area (Å²) in [6.45, 7) is 4.32. The highest BCUT2D eigenvalue weighted by atomic mass is 16.3. The molecule has 0 fully saturated rings. The highest BCUT2D eigenvalue weighted by Crippen LogP contribution is 2.35. The number of aromatic nitrogens is 1. The Labute approximate surface area is 268 Å². The fraction of sp³-hybridized carbons (Fsp3) is 0.0698. The van der Waals surface area contributed by atoms with Crippen LogP contribution in [0, 0.1) is 0 Å². The minimum atomic E-state index is 0.162. The highest BCUT2D eigenvalue weighted by molar-refractivity contribution is 6.10. The number of furan rings is 1. The van der Waals surface area contributed by atoms with Crippen LogP contribution in [-0.4, -0.2) is 10.6 Å². The standard InChI is InChI=1S/C43H34N2O/c1-29(11-10-12-30(2)44-34-24-26-39-38-16-7-9-18-42(38)46-43(39)28-34)31-19-21-32(22-20-31)33-23-25-37-36-15-6-8-17-40(36)45(41(37)27-33)35-13-4-3-5-14-35/h3-28,30,44H,1-2H3/b12-10-,29-11+/t30-/m0/s1. The summed E-state index contributed by atoms with van der Waals surface area (Å²) in [5.74, 6) is 0. The van der Waals surface area contributed by atoms with E-state index in [-0.39, 0.29) is 6.04 Å². The van der Waals surface area contributed by atoms with Crippen LogP contribution in [0.25, 0.3) is 66.1 Å². The molecular weight excluding hydrogens is 560 g/mol. The van der Waals surface area contributed by atoms with Gasteiger partial charge in [-0.15, -0.1) is 0 Å². The molecule has 0 spiro atoms. The third-order valence-corrected chi connectivity index (χ3v) is 8.88. The molecule has 1 atom stereocenters. The number of allylic oxidation sites excluding steroid dienone is 3. The van der Waals surface area contributed by atoms with Crippen molar-refractivity contribution in [2.45, 2.75) is 19.9 Å². The molecule has 1 N–H and O–H groups in total. The van der Waals surface area contributed by atoms with Crippen molar-refractivity contribution in [1.82, 2.24) is 4.57 Å². The van der Waals surface area contributed by atoms with Crippen molar-refractivity contribution in [2.75, 3.05) is 5.32 Å². The van der Waals surface area contributed by atoms with E-state index < -0.39 is 0 Å². The molecule has 2 heterocycles. The van der Waals surface area contributed by atoms with Crippen LogP contribution in [0.1, 0.15) is 19.4 Å². The van der Waals surface area contributed by atoms with Gasteiger partial charge in [0.1, 0.15) is 11.2 Å². The normalized spacial score (nSPS) is 13.0. The number of nitrogens with one attached hydrogen (secondary N) is 1. The minimum absolute atomic E-state index is 0.162. The van der Waals surface area contributed by atoms with E-state index >= 15 is 0 Å². The van der Waals surface area contributed by atoms with Gasteiger partial charge in [-0.25, -0.2) is 0 Å². The third-order valence-electron chi connectivity index (χ3n) is 8.88. The van der Waals surface area contributed by atoms with E-state index in [1.165, 1.54) is 49.8 Å². The minimum Gasteiger partial charge on any atom is -0.456 e. The quantitative estimate of drug-likeness (QED) is 0.186. The van der Waals surface area contributed by atoms with Gasteiger partial charge in [0.2, 0.25) is 0 Å². The summed E-state index contributed by atoms with van der Waals surface area (Å²) in [7, 11) is 0. The summed E-state index contributed by atoms with van der Waals surface area (Å²) in [6, 6.07) is 49.7. The Balaban J connectivity index is 1.000. The molecule has 46 heavy (non-hydrogen) atoms. The van der Waals surface area contributed by atoms with Crippen molar-refractivity contribution in [2.24, 2.45) is 0 Å². The van der Waals surface area contributed by atoms with Crippen LogP contribution < -0.4 is 5.32 Å².